The third-order valence-electron chi connectivity index (χ3n) is 5.58. The molecule has 36 heavy (non-hydrogen) atoms. The summed E-state index contributed by atoms with van der Waals surface area (Å²) in [6.07, 6.45) is 3.26. The minimum Gasteiger partial charge on any atom is -0.496 e. The molecular weight excluding hydrogens is 505 g/mol. The lowest BCUT2D eigenvalue weighted by molar-refractivity contribution is -0.127. The number of rotatable bonds is 7. The summed E-state index contributed by atoms with van der Waals surface area (Å²) in [6, 6.07) is 11.9. The number of anilines is 1. The largest absolute Gasteiger partial charge is 0.496 e. The van der Waals surface area contributed by atoms with Crippen LogP contribution in [0.25, 0.3) is 6.08 Å². The predicted octanol–water partition coefficient (Wildman–Crippen LogP) is 3.63. The van der Waals surface area contributed by atoms with E-state index in [2.05, 4.69) is 24.1 Å². The first-order valence-electron chi connectivity index (χ1n) is 11.1. The van der Waals surface area contributed by atoms with Gasteiger partial charge in [0.2, 0.25) is 5.91 Å². The van der Waals surface area contributed by atoms with Gasteiger partial charge in [-0.05, 0) is 56.3 Å². The van der Waals surface area contributed by atoms with Gasteiger partial charge in [-0.15, -0.1) is 24.8 Å². The van der Waals surface area contributed by atoms with Gasteiger partial charge in [0.05, 0.1) is 12.7 Å². The summed E-state index contributed by atoms with van der Waals surface area (Å²) in [5, 5.41) is 9.88. The lowest BCUT2D eigenvalue weighted by Crippen LogP contribution is -2.50. The van der Waals surface area contributed by atoms with Crippen molar-refractivity contribution in [3.8, 4) is 11.5 Å². The number of methoxy groups -OCH3 is 1. The van der Waals surface area contributed by atoms with E-state index in [0.29, 0.717) is 47.4 Å². The summed E-state index contributed by atoms with van der Waals surface area (Å²) in [7, 11) is 1.52. The number of amides is 1. The van der Waals surface area contributed by atoms with Crippen LogP contribution in [0.2, 0.25) is 0 Å². The van der Waals surface area contributed by atoms with Crippen LogP contribution in [0.3, 0.4) is 0 Å². The number of esters is 1. The van der Waals surface area contributed by atoms with Crippen LogP contribution >= 0.6 is 24.8 Å². The van der Waals surface area contributed by atoms with Crippen LogP contribution in [0.5, 0.6) is 11.5 Å². The van der Waals surface area contributed by atoms with Crippen molar-refractivity contribution < 1.29 is 19.1 Å². The molecular formula is C25H33Cl2N5O4. The Labute approximate surface area is 223 Å². The molecule has 0 radical (unpaired) electrons. The topological polar surface area (TPSA) is 121 Å². The number of nitrogens with zero attached hydrogens (tertiary/aromatic N) is 2. The zero-order chi connectivity index (χ0) is 24.7. The van der Waals surface area contributed by atoms with Gasteiger partial charge in [-0.3, -0.25) is 15.1 Å². The molecule has 2 aromatic rings. The fraction of sp³-hybridized carbons (Fsp3) is 0.320. The number of carbonyl (C=O) groups excluding carboxylic acids is 2. The molecule has 1 heterocycles. The first-order chi connectivity index (χ1) is 16.3. The molecule has 2 aromatic carbocycles. The molecule has 3 rings (SSSR count). The highest BCUT2D eigenvalue weighted by Crippen LogP contribution is 2.27. The highest BCUT2D eigenvalue weighted by atomic mass is 35.5. The number of carbonyl (C=O) groups is 2. The lowest BCUT2D eigenvalue weighted by atomic mass is 10.1. The van der Waals surface area contributed by atoms with E-state index in [9.17, 15) is 9.59 Å². The summed E-state index contributed by atoms with van der Waals surface area (Å²) in [5.74, 6) is 0.0483. The Bertz CT molecular complexity index is 1070. The Morgan fingerprint density at radius 3 is 2.25 bits per heavy atom. The Morgan fingerprint density at radius 2 is 1.69 bits per heavy atom. The second kappa shape index (κ2) is 14.3. The van der Waals surface area contributed by atoms with Crippen molar-refractivity contribution in [3.05, 3.63) is 59.7 Å². The van der Waals surface area contributed by atoms with Gasteiger partial charge < -0.3 is 25.4 Å². The number of hydrogen-bond donors (Lipinski definition) is 3. The van der Waals surface area contributed by atoms with Crippen molar-refractivity contribution in [3.63, 3.8) is 0 Å². The summed E-state index contributed by atoms with van der Waals surface area (Å²) >= 11 is 0. The summed E-state index contributed by atoms with van der Waals surface area (Å²) < 4.78 is 10.9. The van der Waals surface area contributed by atoms with E-state index >= 15 is 0 Å². The van der Waals surface area contributed by atoms with Gasteiger partial charge in [-0.25, -0.2) is 4.79 Å². The number of nitrogens with one attached hydrogen (secondary N) is 2. The predicted molar refractivity (Wildman–Crippen MR) is 147 cm³/mol. The monoisotopic (exact) mass is 537 g/mol. The molecule has 0 atom stereocenters. The molecule has 1 amide bonds. The number of ether oxygens (including phenoxy) is 2. The van der Waals surface area contributed by atoms with E-state index in [0.717, 1.165) is 13.1 Å². The molecule has 1 aliphatic heterocycles. The summed E-state index contributed by atoms with van der Waals surface area (Å²) in [5.41, 5.74) is 6.94. The Kier molecular flexibility index (Phi) is 12.2. The number of guanidine groups is 1. The van der Waals surface area contributed by atoms with Crippen LogP contribution in [0.4, 0.5) is 5.69 Å². The van der Waals surface area contributed by atoms with Crippen molar-refractivity contribution in [2.45, 2.75) is 19.9 Å². The van der Waals surface area contributed by atoms with Crippen molar-refractivity contribution in [2.75, 3.05) is 38.6 Å². The van der Waals surface area contributed by atoms with E-state index in [4.69, 9.17) is 20.6 Å². The van der Waals surface area contributed by atoms with Gasteiger partial charge in [0.1, 0.15) is 11.5 Å². The average molecular weight is 538 g/mol. The highest BCUT2D eigenvalue weighted by molar-refractivity contribution is 5.94. The second-order valence-electron chi connectivity index (χ2n) is 8.20. The maximum absolute atomic E-state index is 12.6. The fourth-order valence-corrected chi connectivity index (χ4v) is 3.63. The van der Waals surface area contributed by atoms with Crippen LogP contribution < -0.4 is 20.5 Å². The smallest absolute Gasteiger partial charge is 0.343 e. The quantitative estimate of drug-likeness (QED) is 0.162. The third-order valence-corrected chi connectivity index (χ3v) is 5.58. The van der Waals surface area contributed by atoms with Gasteiger partial charge in [-0.1, -0.05) is 0 Å². The number of hydrogen-bond acceptors (Lipinski definition) is 6. The molecule has 9 nitrogen and oxygen atoms in total. The summed E-state index contributed by atoms with van der Waals surface area (Å²) in [4.78, 5) is 29.3. The molecule has 1 saturated heterocycles. The van der Waals surface area contributed by atoms with E-state index in [1.807, 2.05) is 4.90 Å². The first-order valence-corrected chi connectivity index (χ1v) is 11.1. The van der Waals surface area contributed by atoms with E-state index in [1.54, 1.807) is 54.6 Å². The van der Waals surface area contributed by atoms with Crippen molar-refractivity contribution in [2.24, 2.45) is 5.73 Å². The Hall–Kier alpha value is -3.27. The molecule has 0 aliphatic carbocycles. The van der Waals surface area contributed by atoms with Crippen LogP contribution in [-0.4, -0.2) is 67.0 Å². The number of nitrogens with two attached hydrogens (primary N) is 1. The normalized spacial score (nSPS) is 13.5. The van der Waals surface area contributed by atoms with Crippen LogP contribution in [0.1, 0.15) is 29.8 Å². The molecule has 0 spiro atoms. The minimum absolute atomic E-state index is 0. The standard InChI is InChI=1S/C25H31N5O4.2ClH/c1-17(2)29-12-14-30(15-13-29)23(31)11-7-18-6-10-21(16-22(18)33-3)34-24(32)19-4-8-20(9-5-19)28-25(26)27;;/h4-11,16-17H,12-15H2,1-3H3,(H4,26,27,28);2*1H. The van der Waals surface area contributed by atoms with Gasteiger partial charge in [0.15, 0.2) is 5.96 Å². The lowest BCUT2D eigenvalue weighted by Gasteiger charge is -2.36. The van der Waals surface area contributed by atoms with Crippen molar-refractivity contribution >= 4 is 54.4 Å². The van der Waals surface area contributed by atoms with Crippen molar-refractivity contribution in [1.82, 2.24) is 9.80 Å². The highest BCUT2D eigenvalue weighted by Gasteiger charge is 2.21. The average Bonchev–Trinajstić information content (AvgIpc) is 2.83. The maximum atomic E-state index is 12.6. The SMILES string of the molecule is COc1cc(OC(=O)c2ccc(NC(=N)N)cc2)ccc1C=CC(=O)N1CCN(C(C)C)CC1.Cl.Cl. The molecule has 0 unspecified atom stereocenters. The van der Waals surface area contributed by atoms with Gasteiger partial charge in [0, 0.05) is 55.6 Å². The number of piperazine rings is 1. The Morgan fingerprint density at radius 1 is 1.06 bits per heavy atom. The van der Waals surface area contributed by atoms with E-state index < -0.39 is 5.97 Å². The van der Waals surface area contributed by atoms with Crippen LogP contribution in [0.15, 0.2) is 48.5 Å². The molecule has 4 N–H and O–H groups in total. The van der Waals surface area contributed by atoms with E-state index in [-0.39, 0.29) is 36.7 Å². The zero-order valence-electron chi connectivity index (χ0n) is 20.5. The summed E-state index contributed by atoms with van der Waals surface area (Å²) in [6.45, 7) is 7.48. The second-order valence-corrected chi connectivity index (χ2v) is 8.20. The van der Waals surface area contributed by atoms with Crippen LogP contribution in [-0.2, 0) is 4.79 Å². The molecule has 0 bridgehead atoms. The minimum atomic E-state index is -0.532. The van der Waals surface area contributed by atoms with Crippen LogP contribution in [0, 0.1) is 5.41 Å². The van der Waals surface area contributed by atoms with Gasteiger partial charge >= 0.3 is 5.97 Å². The number of halogens is 2. The van der Waals surface area contributed by atoms with Crippen molar-refractivity contribution in [1.29, 1.82) is 5.41 Å². The van der Waals surface area contributed by atoms with E-state index in [1.165, 1.54) is 7.11 Å². The van der Waals surface area contributed by atoms with Gasteiger partial charge in [-0.2, -0.15) is 0 Å². The molecule has 1 fully saturated rings. The molecule has 0 aromatic heterocycles. The first kappa shape index (κ1) is 30.8. The molecule has 11 heteroatoms. The Balaban J connectivity index is 0.00000324. The molecule has 1 aliphatic rings. The fourth-order valence-electron chi connectivity index (χ4n) is 3.63. The van der Waals surface area contributed by atoms with Gasteiger partial charge in [0.25, 0.3) is 0 Å². The zero-order valence-corrected chi connectivity index (χ0v) is 22.2. The third kappa shape index (κ3) is 8.44. The number of benzene rings is 2. The molecule has 0 saturated carbocycles. The maximum Gasteiger partial charge on any atom is 0.343 e. The molecule has 196 valence electrons.